The van der Waals surface area contributed by atoms with Crippen molar-refractivity contribution in [3.8, 4) is 0 Å². The van der Waals surface area contributed by atoms with Gasteiger partial charge in [0, 0.05) is 26.7 Å². The molecule has 1 atom stereocenters. The van der Waals surface area contributed by atoms with E-state index in [2.05, 4.69) is 26.6 Å². The summed E-state index contributed by atoms with van der Waals surface area (Å²) in [4.78, 5) is 31.8. The molecule has 0 aliphatic carbocycles. The number of amides is 2. The highest BCUT2D eigenvalue weighted by Crippen LogP contribution is 2.46. The molecule has 1 spiro atoms. The molecule has 3 aromatic carbocycles. The van der Waals surface area contributed by atoms with E-state index in [0.717, 1.165) is 10.0 Å². The van der Waals surface area contributed by atoms with E-state index in [0.29, 0.717) is 38.4 Å². The smallest absolute Gasteiger partial charge is 0.279 e. The Balaban J connectivity index is 1.55. The topological polar surface area (TPSA) is 86.2 Å². The van der Waals surface area contributed by atoms with Crippen molar-refractivity contribution in [3.05, 3.63) is 99.0 Å². The van der Waals surface area contributed by atoms with Crippen molar-refractivity contribution in [1.29, 1.82) is 0 Å². The van der Waals surface area contributed by atoms with Crippen LogP contribution < -0.4 is 21.2 Å². The van der Waals surface area contributed by atoms with Crippen LogP contribution in [0.2, 0.25) is 0 Å². The molecule has 3 aliphatic rings. The van der Waals surface area contributed by atoms with Gasteiger partial charge in [-0.15, -0.1) is 5.10 Å². The number of hydrogen-bond acceptors (Lipinski definition) is 6. The number of nitrogens with zero attached hydrogens (tertiary/aromatic N) is 3. The summed E-state index contributed by atoms with van der Waals surface area (Å²) < 4.78 is 0.803. The number of benzene rings is 3. The lowest BCUT2D eigenvalue weighted by atomic mass is 9.97. The van der Waals surface area contributed by atoms with Gasteiger partial charge in [0.15, 0.2) is 5.17 Å². The minimum Gasteiger partial charge on any atom is -0.321 e. The van der Waals surface area contributed by atoms with Gasteiger partial charge in [-0.1, -0.05) is 76.2 Å². The molecule has 0 aromatic heterocycles. The maximum atomic E-state index is 13.5. The second-order valence-electron chi connectivity index (χ2n) is 7.74. The molecule has 7 nitrogen and oxygen atoms in total. The van der Waals surface area contributed by atoms with Crippen molar-refractivity contribution in [3.63, 3.8) is 0 Å². The molecule has 9 heteroatoms. The maximum Gasteiger partial charge on any atom is 0.279 e. The number of anilines is 1. The van der Waals surface area contributed by atoms with E-state index in [-0.39, 0.29) is 11.8 Å². The van der Waals surface area contributed by atoms with Crippen LogP contribution in [0.5, 0.6) is 0 Å². The Hall–Kier alpha value is -3.43. The molecule has 6 rings (SSSR count). The van der Waals surface area contributed by atoms with Gasteiger partial charge in [0.2, 0.25) is 0 Å². The number of para-hydroxylation sites is 1. The van der Waals surface area contributed by atoms with Gasteiger partial charge in [0.25, 0.3) is 17.5 Å². The van der Waals surface area contributed by atoms with Crippen molar-refractivity contribution in [2.75, 3.05) is 5.32 Å². The van der Waals surface area contributed by atoms with Crippen LogP contribution in [0.25, 0.3) is 5.70 Å². The van der Waals surface area contributed by atoms with E-state index in [1.165, 1.54) is 16.8 Å². The molecule has 0 bridgehead atoms. The number of amidine groups is 1. The number of carbonyl (C=O) groups excluding carboxylic acids is 2. The average Bonchev–Trinajstić information content (AvgIpc) is 3.09. The Labute approximate surface area is 201 Å². The van der Waals surface area contributed by atoms with Crippen LogP contribution in [0.15, 0.2) is 87.4 Å². The molecular formula is C24H16BrN5O2S. The lowest BCUT2D eigenvalue weighted by molar-refractivity contribution is -0.127. The summed E-state index contributed by atoms with van der Waals surface area (Å²) in [6.07, 6.45) is 0. The normalized spacial score (nSPS) is 20.3. The first-order valence-electron chi connectivity index (χ1n) is 10.2. The molecular weight excluding hydrogens is 502 g/mol. The number of halogens is 1. The first kappa shape index (κ1) is 20.2. The molecule has 2 N–H and O–H groups in total. The standard InChI is InChI=1S/C24H16BrN5O2S/c25-15-10-11-19-17(12-15)24(22(32)26-19)28-18-9-5-4-8-16(18)20-21(31)27-23(29-30(20)24)33-13-14-6-2-1-3-7-14/h1-12H,13H2,(H,26,32)(H,27,29,31). The van der Waals surface area contributed by atoms with E-state index < -0.39 is 5.66 Å². The molecule has 0 saturated carbocycles. The number of thioether (sulfide) groups is 1. The SMILES string of the molecule is O=C1NC(SCc2ccccc2)=NN2C1=c1ccccc1=NC21C(=O)Nc2ccc(Br)cc21. The van der Waals surface area contributed by atoms with Crippen LogP contribution in [0.4, 0.5) is 5.69 Å². The first-order chi connectivity index (χ1) is 16.1. The quantitative estimate of drug-likeness (QED) is 0.547. The van der Waals surface area contributed by atoms with Gasteiger partial charge in [-0.05, 0) is 29.8 Å². The second kappa shape index (κ2) is 7.57. The maximum absolute atomic E-state index is 13.5. The van der Waals surface area contributed by atoms with Gasteiger partial charge in [0.1, 0.15) is 5.70 Å². The Morgan fingerprint density at radius 2 is 1.76 bits per heavy atom. The van der Waals surface area contributed by atoms with Gasteiger partial charge < -0.3 is 5.32 Å². The van der Waals surface area contributed by atoms with Gasteiger partial charge in [-0.2, -0.15) is 0 Å². The van der Waals surface area contributed by atoms with E-state index in [1.807, 2.05) is 66.7 Å². The lowest BCUT2D eigenvalue weighted by Crippen LogP contribution is -2.59. The number of hydrogen-bond donors (Lipinski definition) is 2. The van der Waals surface area contributed by atoms with Gasteiger partial charge in [0.05, 0.1) is 5.36 Å². The van der Waals surface area contributed by atoms with Crippen LogP contribution in [0.1, 0.15) is 11.1 Å². The van der Waals surface area contributed by atoms with Gasteiger partial charge >= 0.3 is 0 Å². The molecule has 3 aliphatic heterocycles. The van der Waals surface area contributed by atoms with E-state index >= 15 is 0 Å². The van der Waals surface area contributed by atoms with Crippen LogP contribution in [0.3, 0.4) is 0 Å². The van der Waals surface area contributed by atoms with E-state index in [9.17, 15) is 9.59 Å². The number of rotatable bonds is 2. The molecule has 0 saturated heterocycles. The third-order valence-electron chi connectivity index (χ3n) is 5.73. The molecule has 2 amide bonds. The zero-order valence-corrected chi connectivity index (χ0v) is 19.5. The average molecular weight is 518 g/mol. The predicted molar refractivity (Wildman–Crippen MR) is 130 cm³/mol. The van der Waals surface area contributed by atoms with Crippen molar-refractivity contribution in [2.24, 2.45) is 10.1 Å². The summed E-state index contributed by atoms with van der Waals surface area (Å²) >= 11 is 4.90. The van der Waals surface area contributed by atoms with Crippen molar-refractivity contribution in [2.45, 2.75) is 11.4 Å². The summed E-state index contributed by atoms with van der Waals surface area (Å²) in [5.41, 5.74) is 1.17. The number of hydrazone groups is 1. The van der Waals surface area contributed by atoms with Crippen LogP contribution in [0, 0.1) is 0 Å². The first-order valence-corrected chi connectivity index (χ1v) is 12.0. The second-order valence-corrected chi connectivity index (χ2v) is 9.62. The predicted octanol–water partition coefficient (Wildman–Crippen LogP) is 2.63. The summed E-state index contributed by atoms with van der Waals surface area (Å²) in [7, 11) is 0. The van der Waals surface area contributed by atoms with Crippen LogP contribution >= 0.6 is 27.7 Å². The summed E-state index contributed by atoms with van der Waals surface area (Å²) in [6, 6.07) is 22.8. The monoisotopic (exact) mass is 517 g/mol. The molecule has 33 heavy (non-hydrogen) atoms. The van der Waals surface area contributed by atoms with Crippen molar-refractivity contribution < 1.29 is 9.59 Å². The fourth-order valence-electron chi connectivity index (χ4n) is 4.24. The third kappa shape index (κ3) is 3.11. The number of fused-ring (bicyclic) bond motifs is 5. The van der Waals surface area contributed by atoms with E-state index in [4.69, 9.17) is 10.1 Å². The van der Waals surface area contributed by atoms with Crippen molar-refractivity contribution >= 4 is 56.1 Å². The molecule has 3 aromatic rings. The minimum absolute atomic E-state index is 0.299. The van der Waals surface area contributed by atoms with E-state index in [1.54, 1.807) is 6.07 Å². The fourth-order valence-corrected chi connectivity index (χ4v) is 5.40. The van der Waals surface area contributed by atoms with Gasteiger partial charge in [-0.3, -0.25) is 14.9 Å². The summed E-state index contributed by atoms with van der Waals surface area (Å²) in [5.74, 6) is -0.0509. The zero-order valence-electron chi connectivity index (χ0n) is 17.1. The molecule has 162 valence electrons. The Kier molecular flexibility index (Phi) is 4.63. The largest absolute Gasteiger partial charge is 0.321 e. The molecule has 3 heterocycles. The zero-order chi connectivity index (χ0) is 22.6. The molecule has 0 radical (unpaired) electrons. The lowest BCUT2D eigenvalue weighted by Gasteiger charge is -2.39. The van der Waals surface area contributed by atoms with Crippen LogP contribution in [-0.4, -0.2) is 22.0 Å². The highest BCUT2D eigenvalue weighted by molar-refractivity contribution is 9.10. The van der Waals surface area contributed by atoms with Crippen LogP contribution in [-0.2, 0) is 21.0 Å². The highest BCUT2D eigenvalue weighted by atomic mass is 79.9. The van der Waals surface area contributed by atoms with Crippen molar-refractivity contribution in [1.82, 2.24) is 10.3 Å². The fraction of sp³-hybridized carbons (Fsp3) is 0.0833. The van der Waals surface area contributed by atoms with Gasteiger partial charge in [-0.25, -0.2) is 10.0 Å². The number of carbonyl (C=O) groups is 2. The summed E-state index contributed by atoms with van der Waals surface area (Å²) in [6.45, 7) is 0. The summed E-state index contributed by atoms with van der Waals surface area (Å²) in [5, 5.41) is 13.7. The number of nitrogens with one attached hydrogen (secondary N) is 2. The third-order valence-corrected chi connectivity index (χ3v) is 7.15. The molecule has 0 fully saturated rings. The Morgan fingerprint density at radius 1 is 0.970 bits per heavy atom. The highest BCUT2D eigenvalue weighted by Gasteiger charge is 2.56. The molecule has 1 unspecified atom stereocenters. The Bertz CT molecular complexity index is 1490. The Morgan fingerprint density at radius 3 is 2.61 bits per heavy atom. The minimum atomic E-state index is -1.51.